The molecule has 108 valence electrons. The van der Waals surface area contributed by atoms with E-state index in [4.69, 9.17) is 0 Å². The summed E-state index contributed by atoms with van der Waals surface area (Å²) in [6.45, 7) is 0. The number of fused-ring (bicyclic) bond motifs is 2. The lowest BCUT2D eigenvalue weighted by Gasteiger charge is -2.29. The van der Waals surface area contributed by atoms with Crippen molar-refractivity contribution in [2.75, 3.05) is 5.32 Å². The van der Waals surface area contributed by atoms with E-state index in [2.05, 4.69) is 5.32 Å². The molecule has 3 aromatic rings. The van der Waals surface area contributed by atoms with Crippen molar-refractivity contribution in [1.29, 1.82) is 0 Å². The van der Waals surface area contributed by atoms with Crippen LogP contribution >= 0.6 is 7.14 Å². The van der Waals surface area contributed by atoms with Crippen LogP contribution in [0.3, 0.4) is 0 Å². The van der Waals surface area contributed by atoms with Crippen molar-refractivity contribution in [3.8, 4) is 0 Å². The molecule has 0 unspecified atom stereocenters. The standard InChI is InChI=1S/C19H16NOP/c21-22(14-15-8-2-1-3-9-15)18-12-6-4-10-16(18)20-17-11-5-7-13-19(17)22/h1-13,20H,14H2. The van der Waals surface area contributed by atoms with Gasteiger partial charge in [-0.3, -0.25) is 0 Å². The van der Waals surface area contributed by atoms with Gasteiger partial charge < -0.3 is 9.88 Å². The molecular weight excluding hydrogens is 289 g/mol. The Balaban J connectivity index is 1.92. The summed E-state index contributed by atoms with van der Waals surface area (Å²) in [6.07, 6.45) is 0.559. The van der Waals surface area contributed by atoms with Gasteiger partial charge in [0.2, 0.25) is 0 Å². The summed E-state index contributed by atoms with van der Waals surface area (Å²) >= 11 is 0. The fraction of sp³-hybridized carbons (Fsp3) is 0.0526. The highest BCUT2D eigenvalue weighted by Crippen LogP contribution is 2.53. The average Bonchev–Trinajstić information content (AvgIpc) is 2.56. The minimum Gasteiger partial charge on any atom is -0.354 e. The highest BCUT2D eigenvalue weighted by atomic mass is 31.2. The molecule has 0 amide bonds. The second-order valence-corrected chi connectivity index (χ2v) is 8.30. The molecule has 0 bridgehead atoms. The zero-order valence-electron chi connectivity index (χ0n) is 12.1. The van der Waals surface area contributed by atoms with Crippen LogP contribution in [0.1, 0.15) is 5.56 Å². The number of nitrogens with one attached hydrogen (secondary N) is 1. The molecule has 22 heavy (non-hydrogen) atoms. The van der Waals surface area contributed by atoms with Gasteiger partial charge >= 0.3 is 0 Å². The quantitative estimate of drug-likeness (QED) is 0.717. The smallest absolute Gasteiger partial charge is 0.151 e. The molecule has 3 aromatic carbocycles. The zero-order chi connectivity index (χ0) is 15.0. The number of benzene rings is 3. The Bertz CT molecular complexity index is 824. The highest BCUT2D eigenvalue weighted by Gasteiger charge is 2.35. The van der Waals surface area contributed by atoms with Gasteiger partial charge in [-0.1, -0.05) is 54.6 Å². The lowest BCUT2D eigenvalue weighted by atomic mass is 10.2. The molecule has 1 heterocycles. The van der Waals surface area contributed by atoms with Crippen LogP contribution in [-0.2, 0) is 10.7 Å². The molecule has 0 fully saturated rings. The van der Waals surface area contributed by atoms with Gasteiger partial charge in [-0.25, -0.2) is 0 Å². The minimum atomic E-state index is -2.68. The van der Waals surface area contributed by atoms with Crippen molar-refractivity contribution >= 4 is 29.1 Å². The van der Waals surface area contributed by atoms with Crippen LogP contribution in [0, 0.1) is 0 Å². The molecule has 2 nitrogen and oxygen atoms in total. The average molecular weight is 305 g/mol. The minimum absolute atomic E-state index is 0.559. The third-order valence-corrected chi connectivity index (χ3v) is 7.25. The van der Waals surface area contributed by atoms with Crippen LogP contribution < -0.4 is 15.9 Å². The lowest BCUT2D eigenvalue weighted by Crippen LogP contribution is -2.27. The van der Waals surface area contributed by atoms with E-state index in [0.29, 0.717) is 6.16 Å². The summed E-state index contributed by atoms with van der Waals surface area (Å²) in [5.41, 5.74) is 3.03. The number of hydrogen-bond acceptors (Lipinski definition) is 2. The normalized spacial score (nSPS) is 14.5. The molecule has 1 aliphatic rings. The second-order valence-electron chi connectivity index (χ2n) is 5.54. The van der Waals surface area contributed by atoms with E-state index in [1.165, 1.54) is 0 Å². The third-order valence-electron chi connectivity index (χ3n) is 4.10. The summed E-state index contributed by atoms with van der Waals surface area (Å²) in [5.74, 6) is 0. The van der Waals surface area contributed by atoms with E-state index in [-0.39, 0.29) is 0 Å². The van der Waals surface area contributed by atoms with Crippen molar-refractivity contribution in [2.45, 2.75) is 6.16 Å². The summed E-state index contributed by atoms with van der Waals surface area (Å²) in [6, 6.07) is 26.0. The molecule has 4 rings (SSSR count). The van der Waals surface area contributed by atoms with Gasteiger partial charge in [0.25, 0.3) is 0 Å². The van der Waals surface area contributed by atoms with Crippen LogP contribution in [0.2, 0.25) is 0 Å². The van der Waals surface area contributed by atoms with Crippen molar-refractivity contribution in [1.82, 2.24) is 0 Å². The number of para-hydroxylation sites is 2. The predicted octanol–water partition coefficient (Wildman–Crippen LogP) is 4.26. The first kappa shape index (κ1) is 13.4. The molecule has 1 N–H and O–H groups in total. The Labute approximate surface area is 130 Å². The molecular formula is C19H16NOP. The molecule has 0 atom stereocenters. The van der Waals surface area contributed by atoms with Gasteiger partial charge in [-0.05, 0) is 29.8 Å². The van der Waals surface area contributed by atoms with Gasteiger partial charge in [0.05, 0.1) is 0 Å². The van der Waals surface area contributed by atoms with Gasteiger partial charge in [0, 0.05) is 28.1 Å². The van der Waals surface area contributed by atoms with Crippen molar-refractivity contribution in [3.63, 3.8) is 0 Å². The predicted molar refractivity (Wildman–Crippen MR) is 93.2 cm³/mol. The van der Waals surface area contributed by atoms with Crippen LogP contribution in [0.15, 0.2) is 78.9 Å². The Hall–Kier alpha value is -2.31. The topological polar surface area (TPSA) is 29.1 Å². The maximum absolute atomic E-state index is 14.0. The second kappa shape index (κ2) is 5.15. The molecule has 3 heteroatoms. The Kier molecular flexibility index (Phi) is 3.13. The van der Waals surface area contributed by atoms with E-state index in [1.54, 1.807) is 0 Å². The van der Waals surface area contributed by atoms with Gasteiger partial charge in [0.1, 0.15) is 0 Å². The maximum Gasteiger partial charge on any atom is 0.151 e. The molecule has 0 spiro atoms. The fourth-order valence-electron chi connectivity index (χ4n) is 3.07. The Morgan fingerprint density at radius 2 is 1.18 bits per heavy atom. The molecule has 0 saturated heterocycles. The van der Waals surface area contributed by atoms with E-state index in [9.17, 15) is 4.57 Å². The summed E-state index contributed by atoms with van der Waals surface area (Å²) in [4.78, 5) is 0. The first-order chi connectivity index (χ1) is 10.8. The molecule has 0 aliphatic carbocycles. The SMILES string of the molecule is O=P1(Cc2ccccc2)c2ccccc2Nc2ccccc21. The van der Waals surface area contributed by atoms with Crippen molar-refractivity contribution in [3.05, 3.63) is 84.4 Å². The maximum atomic E-state index is 14.0. The highest BCUT2D eigenvalue weighted by molar-refractivity contribution is 7.78. The van der Waals surface area contributed by atoms with E-state index in [1.807, 2.05) is 78.9 Å². The number of hydrogen-bond donors (Lipinski definition) is 1. The van der Waals surface area contributed by atoms with Crippen molar-refractivity contribution < 1.29 is 4.57 Å². The van der Waals surface area contributed by atoms with Crippen LogP contribution in [0.4, 0.5) is 11.4 Å². The number of anilines is 2. The molecule has 0 radical (unpaired) electrons. The van der Waals surface area contributed by atoms with E-state index < -0.39 is 7.14 Å². The third kappa shape index (κ3) is 2.08. The Morgan fingerprint density at radius 3 is 1.77 bits per heavy atom. The van der Waals surface area contributed by atoms with Crippen LogP contribution in [0.25, 0.3) is 0 Å². The lowest BCUT2D eigenvalue weighted by molar-refractivity contribution is 0.586. The summed E-state index contributed by atoms with van der Waals surface area (Å²) < 4.78 is 14.0. The van der Waals surface area contributed by atoms with Crippen molar-refractivity contribution in [2.24, 2.45) is 0 Å². The monoisotopic (exact) mass is 305 g/mol. The van der Waals surface area contributed by atoms with E-state index >= 15 is 0 Å². The zero-order valence-corrected chi connectivity index (χ0v) is 13.0. The van der Waals surface area contributed by atoms with Gasteiger partial charge in [-0.2, -0.15) is 0 Å². The largest absolute Gasteiger partial charge is 0.354 e. The first-order valence-electron chi connectivity index (χ1n) is 7.36. The number of rotatable bonds is 2. The first-order valence-corrected chi connectivity index (χ1v) is 9.26. The molecule has 1 aliphatic heterocycles. The Morgan fingerprint density at radius 1 is 0.682 bits per heavy atom. The van der Waals surface area contributed by atoms with Crippen LogP contribution in [-0.4, -0.2) is 0 Å². The van der Waals surface area contributed by atoms with Crippen LogP contribution in [0.5, 0.6) is 0 Å². The molecule has 0 aromatic heterocycles. The van der Waals surface area contributed by atoms with E-state index in [0.717, 1.165) is 27.5 Å². The van der Waals surface area contributed by atoms with Gasteiger partial charge in [0.15, 0.2) is 7.14 Å². The van der Waals surface area contributed by atoms with Gasteiger partial charge in [-0.15, -0.1) is 0 Å². The molecule has 0 saturated carbocycles. The summed E-state index contributed by atoms with van der Waals surface area (Å²) in [7, 11) is -2.68. The summed E-state index contributed by atoms with van der Waals surface area (Å²) in [5, 5.41) is 5.27. The fourth-order valence-corrected chi connectivity index (χ4v) is 6.09.